The average Bonchev–Trinajstić information content (AvgIpc) is 3.49. The van der Waals surface area contributed by atoms with Gasteiger partial charge in [-0.3, -0.25) is 19.0 Å². The van der Waals surface area contributed by atoms with E-state index < -0.39 is 29.5 Å². The standard InChI is InChI=1S/C25H21N7O5/c1-31-17-11-14(7-8-19(17)37-25(31)36)13-27-23(34)16-12-18(32-20(29-16)9-10-28-32)24(35)30-21(22(26)33)15-5-3-2-4-6-15/h2-12,21H,13H2,1H3,(H2,26,33)(H,27,34)(H,30,35)/t21-/m1/s1. The zero-order valence-electron chi connectivity index (χ0n) is 19.5. The second kappa shape index (κ2) is 9.41. The third-order valence-corrected chi connectivity index (χ3v) is 5.83. The number of hydrogen-bond acceptors (Lipinski definition) is 7. The SMILES string of the molecule is Cn1c(=O)oc2ccc(CNC(=O)c3cc(C(=O)N[C@@H](C(N)=O)c4ccccc4)n4nccc4n3)cc21. The summed E-state index contributed by atoms with van der Waals surface area (Å²) in [4.78, 5) is 54.2. The maximum atomic E-state index is 13.2. The number of carbonyl (C=O) groups excluding carboxylic acids is 3. The number of hydrogen-bond donors (Lipinski definition) is 3. The Balaban J connectivity index is 1.39. The molecule has 0 aliphatic carbocycles. The Morgan fingerprint density at radius 2 is 1.84 bits per heavy atom. The Morgan fingerprint density at radius 3 is 2.59 bits per heavy atom. The zero-order chi connectivity index (χ0) is 26.1. The summed E-state index contributed by atoms with van der Waals surface area (Å²) >= 11 is 0. The quantitative estimate of drug-likeness (QED) is 0.301. The minimum atomic E-state index is -1.08. The van der Waals surface area contributed by atoms with Crippen molar-refractivity contribution in [3.8, 4) is 0 Å². The van der Waals surface area contributed by atoms with E-state index in [1.54, 1.807) is 61.6 Å². The van der Waals surface area contributed by atoms with Crippen LogP contribution in [0.15, 0.2) is 76.1 Å². The first kappa shape index (κ1) is 23.5. The van der Waals surface area contributed by atoms with Crippen molar-refractivity contribution in [1.29, 1.82) is 0 Å². The molecule has 0 fully saturated rings. The van der Waals surface area contributed by atoms with E-state index in [0.717, 1.165) is 5.56 Å². The minimum absolute atomic E-state index is 0.00264. The van der Waals surface area contributed by atoms with Crippen LogP contribution < -0.4 is 22.1 Å². The van der Waals surface area contributed by atoms with Crippen LogP contribution in [-0.4, -0.2) is 36.9 Å². The van der Waals surface area contributed by atoms with Gasteiger partial charge in [0.1, 0.15) is 17.4 Å². The first-order valence-electron chi connectivity index (χ1n) is 11.2. The molecule has 5 aromatic rings. The molecule has 2 aromatic carbocycles. The van der Waals surface area contributed by atoms with Crippen molar-refractivity contribution in [2.24, 2.45) is 12.8 Å². The monoisotopic (exact) mass is 499 g/mol. The molecule has 3 heterocycles. The Kier molecular flexibility index (Phi) is 5.97. The van der Waals surface area contributed by atoms with Crippen LogP contribution in [0.5, 0.6) is 0 Å². The largest absolute Gasteiger partial charge is 0.419 e. The molecule has 0 aliphatic rings. The number of nitrogens with zero attached hydrogens (tertiary/aromatic N) is 4. The number of benzene rings is 2. The fourth-order valence-electron chi connectivity index (χ4n) is 3.92. The second-order valence-corrected chi connectivity index (χ2v) is 8.26. The van der Waals surface area contributed by atoms with Crippen LogP contribution in [0.2, 0.25) is 0 Å². The van der Waals surface area contributed by atoms with Crippen LogP contribution in [0.3, 0.4) is 0 Å². The lowest BCUT2D eigenvalue weighted by molar-refractivity contribution is -0.120. The molecule has 0 saturated heterocycles. The lowest BCUT2D eigenvalue weighted by Crippen LogP contribution is -2.38. The van der Waals surface area contributed by atoms with Gasteiger partial charge in [-0.2, -0.15) is 5.10 Å². The van der Waals surface area contributed by atoms with Crippen LogP contribution in [0.4, 0.5) is 0 Å². The second-order valence-electron chi connectivity index (χ2n) is 8.26. The number of amides is 3. The molecular formula is C25H21N7O5. The summed E-state index contributed by atoms with van der Waals surface area (Å²) in [5.41, 5.74) is 8.05. The maximum Gasteiger partial charge on any atom is 0.419 e. The molecule has 5 rings (SSSR count). The normalized spacial score (nSPS) is 11.9. The van der Waals surface area contributed by atoms with Gasteiger partial charge < -0.3 is 20.8 Å². The van der Waals surface area contributed by atoms with Crippen molar-refractivity contribution in [1.82, 2.24) is 29.8 Å². The number of primary amides is 1. The fourth-order valence-corrected chi connectivity index (χ4v) is 3.92. The van der Waals surface area contributed by atoms with E-state index in [4.69, 9.17) is 10.2 Å². The third-order valence-electron chi connectivity index (χ3n) is 5.83. The molecule has 12 heteroatoms. The lowest BCUT2D eigenvalue weighted by Gasteiger charge is -2.16. The molecule has 4 N–H and O–H groups in total. The molecule has 1 atom stereocenters. The van der Waals surface area contributed by atoms with Gasteiger partial charge in [0.2, 0.25) is 5.91 Å². The number of aryl methyl sites for hydroxylation is 1. The molecule has 0 spiro atoms. The summed E-state index contributed by atoms with van der Waals surface area (Å²) in [5.74, 6) is -2.42. The van der Waals surface area contributed by atoms with Gasteiger partial charge in [-0.1, -0.05) is 36.4 Å². The van der Waals surface area contributed by atoms with E-state index in [-0.39, 0.29) is 23.6 Å². The van der Waals surface area contributed by atoms with E-state index in [0.29, 0.717) is 16.7 Å². The molecule has 37 heavy (non-hydrogen) atoms. The Bertz CT molecular complexity index is 1720. The van der Waals surface area contributed by atoms with Crippen molar-refractivity contribution in [3.63, 3.8) is 0 Å². The lowest BCUT2D eigenvalue weighted by atomic mass is 10.1. The van der Waals surface area contributed by atoms with Gasteiger partial charge in [0, 0.05) is 25.7 Å². The highest BCUT2D eigenvalue weighted by molar-refractivity contribution is 6.00. The summed E-state index contributed by atoms with van der Waals surface area (Å²) in [7, 11) is 1.59. The van der Waals surface area contributed by atoms with Crippen LogP contribution in [-0.2, 0) is 18.4 Å². The van der Waals surface area contributed by atoms with Crippen molar-refractivity contribution in [2.45, 2.75) is 12.6 Å². The van der Waals surface area contributed by atoms with E-state index >= 15 is 0 Å². The van der Waals surface area contributed by atoms with Gasteiger partial charge in [-0.15, -0.1) is 0 Å². The predicted octanol–water partition coefficient (Wildman–Crippen LogP) is 1.06. The Labute approximate surface area is 208 Å². The van der Waals surface area contributed by atoms with Crippen molar-refractivity contribution < 1.29 is 18.8 Å². The van der Waals surface area contributed by atoms with Gasteiger partial charge in [0.15, 0.2) is 11.2 Å². The molecule has 0 unspecified atom stereocenters. The molecule has 0 aliphatic heterocycles. The van der Waals surface area contributed by atoms with E-state index in [2.05, 4.69) is 20.7 Å². The van der Waals surface area contributed by atoms with Crippen LogP contribution in [0, 0.1) is 0 Å². The maximum absolute atomic E-state index is 13.2. The van der Waals surface area contributed by atoms with E-state index in [9.17, 15) is 19.2 Å². The number of oxazole rings is 1. The summed E-state index contributed by atoms with van der Waals surface area (Å²) in [6, 6.07) is 15.4. The van der Waals surface area contributed by atoms with Gasteiger partial charge in [-0.25, -0.2) is 14.3 Å². The molecule has 12 nitrogen and oxygen atoms in total. The van der Waals surface area contributed by atoms with Crippen molar-refractivity contribution in [3.05, 3.63) is 99.9 Å². The predicted molar refractivity (Wildman–Crippen MR) is 131 cm³/mol. The highest BCUT2D eigenvalue weighted by Gasteiger charge is 2.24. The minimum Gasteiger partial charge on any atom is -0.408 e. The van der Waals surface area contributed by atoms with Crippen molar-refractivity contribution in [2.75, 3.05) is 0 Å². The number of carbonyl (C=O) groups is 3. The number of fused-ring (bicyclic) bond motifs is 2. The summed E-state index contributed by atoms with van der Waals surface area (Å²) < 4.78 is 7.76. The number of rotatable bonds is 7. The summed E-state index contributed by atoms with van der Waals surface area (Å²) in [6.45, 7) is 0.138. The topological polar surface area (TPSA) is 167 Å². The molecule has 3 amide bonds. The van der Waals surface area contributed by atoms with E-state index in [1.807, 2.05) is 0 Å². The average molecular weight is 499 g/mol. The van der Waals surface area contributed by atoms with Crippen LogP contribution >= 0.6 is 0 Å². The van der Waals surface area contributed by atoms with E-state index in [1.165, 1.54) is 21.3 Å². The van der Waals surface area contributed by atoms with Gasteiger partial charge in [-0.05, 0) is 23.3 Å². The number of aromatic nitrogens is 4. The van der Waals surface area contributed by atoms with Gasteiger partial charge >= 0.3 is 5.76 Å². The van der Waals surface area contributed by atoms with Crippen LogP contribution in [0.25, 0.3) is 16.7 Å². The summed E-state index contributed by atoms with van der Waals surface area (Å²) in [5, 5.41) is 9.47. The summed E-state index contributed by atoms with van der Waals surface area (Å²) in [6.07, 6.45) is 1.44. The Morgan fingerprint density at radius 1 is 1.05 bits per heavy atom. The fraction of sp³-hybridized carbons (Fsp3) is 0.120. The number of nitrogens with one attached hydrogen (secondary N) is 2. The number of nitrogens with two attached hydrogens (primary N) is 1. The van der Waals surface area contributed by atoms with Gasteiger partial charge in [0.25, 0.3) is 11.8 Å². The van der Waals surface area contributed by atoms with Gasteiger partial charge in [0.05, 0.1) is 11.7 Å². The smallest absolute Gasteiger partial charge is 0.408 e. The first-order valence-corrected chi connectivity index (χ1v) is 11.2. The van der Waals surface area contributed by atoms with Crippen molar-refractivity contribution >= 4 is 34.5 Å². The Hall–Kier alpha value is -5.26. The third kappa shape index (κ3) is 4.55. The molecule has 0 radical (unpaired) electrons. The highest BCUT2D eigenvalue weighted by Crippen LogP contribution is 2.16. The molecule has 3 aromatic heterocycles. The molecule has 0 bridgehead atoms. The van der Waals surface area contributed by atoms with Crippen LogP contribution in [0.1, 0.15) is 38.1 Å². The highest BCUT2D eigenvalue weighted by atomic mass is 16.4. The first-order chi connectivity index (χ1) is 17.8. The zero-order valence-corrected chi connectivity index (χ0v) is 19.5. The molecule has 186 valence electrons. The molecule has 0 saturated carbocycles. The molecular weight excluding hydrogens is 478 g/mol.